The van der Waals surface area contributed by atoms with E-state index in [1.54, 1.807) is 0 Å². The predicted molar refractivity (Wildman–Crippen MR) is 93.6 cm³/mol. The van der Waals surface area contributed by atoms with Gasteiger partial charge in [0.05, 0.1) is 4.47 Å². The van der Waals surface area contributed by atoms with Gasteiger partial charge >= 0.3 is 7.69 Å². The van der Waals surface area contributed by atoms with Crippen LogP contribution in [0.25, 0.3) is 22.3 Å². The second-order valence-electron chi connectivity index (χ2n) is 4.76. The summed E-state index contributed by atoms with van der Waals surface area (Å²) in [6.45, 7) is 0. The lowest BCUT2D eigenvalue weighted by Gasteiger charge is -2.15. The zero-order chi connectivity index (χ0) is 15.4. The van der Waals surface area contributed by atoms with E-state index in [9.17, 15) is 0 Å². The number of halogens is 1. The molecule has 0 bridgehead atoms. The van der Waals surface area contributed by atoms with Crippen molar-refractivity contribution in [2.45, 2.75) is 0 Å². The van der Waals surface area contributed by atoms with Crippen molar-refractivity contribution in [3.05, 3.63) is 77.3 Å². The molecule has 0 aromatic heterocycles. The molecule has 0 aliphatic heterocycles. The van der Waals surface area contributed by atoms with Gasteiger partial charge in [-0.3, -0.25) is 0 Å². The summed E-state index contributed by atoms with van der Waals surface area (Å²) in [5.74, 6) is 0.593. The zero-order valence-corrected chi connectivity index (χ0v) is 13.3. The molecule has 0 aliphatic carbocycles. The van der Waals surface area contributed by atoms with Gasteiger partial charge in [-0.25, -0.2) is 0 Å². The van der Waals surface area contributed by atoms with Gasteiger partial charge in [0.2, 0.25) is 0 Å². The van der Waals surface area contributed by atoms with Crippen LogP contribution in [0.3, 0.4) is 0 Å². The lowest BCUT2D eigenvalue weighted by molar-refractivity contribution is 0.453. The van der Waals surface area contributed by atoms with Crippen molar-refractivity contribution in [1.29, 1.82) is 0 Å². The van der Waals surface area contributed by atoms with Gasteiger partial charge in [-0.05, 0) is 32.6 Å². The fourth-order valence-electron chi connectivity index (χ4n) is 2.41. The summed E-state index contributed by atoms with van der Waals surface area (Å²) in [5, 5.41) is 9.11. The monoisotopic (exact) mass is 351 g/mol. The van der Waals surface area contributed by atoms with E-state index >= 15 is 0 Å². The third-order valence-electron chi connectivity index (χ3n) is 3.44. The molecule has 3 aromatic rings. The summed E-state index contributed by atoms with van der Waals surface area (Å²) >= 11 is 3.61. The van der Waals surface area contributed by atoms with Gasteiger partial charge in [0.1, 0.15) is 5.75 Å². The van der Waals surface area contributed by atoms with Crippen molar-refractivity contribution in [3.63, 3.8) is 0 Å². The van der Waals surface area contributed by atoms with E-state index in [4.69, 9.17) is 9.68 Å². The Morgan fingerprint density at radius 1 is 0.727 bits per heavy atom. The van der Waals surface area contributed by atoms with Crippen molar-refractivity contribution in [3.8, 4) is 28.0 Å². The van der Waals surface area contributed by atoms with Gasteiger partial charge in [0, 0.05) is 5.56 Å². The Morgan fingerprint density at radius 2 is 1.23 bits per heavy atom. The predicted octanol–water partition coefficient (Wildman–Crippen LogP) is 4.69. The number of benzene rings is 3. The van der Waals surface area contributed by atoms with Crippen molar-refractivity contribution in [1.82, 2.24) is 0 Å². The lowest BCUT2D eigenvalue weighted by atomic mass is 9.99. The van der Waals surface area contributed by atoms with E-state index in [1.807, 2.05) is 72.8 Å². The van der Waals surface area contributed by atoms with Gasteiger partial charge in [0.15, 0.2) is 0 Å². The summed E-state index contributed by atoms with van der Waals surface area (Å²) in [6, 6.07) is 24.0. The molecule has 0 unspecified atom stereocenters. The van der Waals surface area contributed by atoms with Crippen molar-refractivity contribution >= 4 is 23.6 Å². The Morgan fingerprint density at radius 3 is 1.77 bits per heavy atom. The Hall–Kier alpha value is -2.04. The molecule has 1 radical (unpaired) electrons. The van der Waals surface area contributed by atoms with Gasteiger partial charge in [-0.2, -0.15) is 0 Å². The molecule has 0 aliphatic rings. The van der Waals surface area contributed by atoms with Crippen LogP contribution < -0.4 is 4.65 Å². The highest BCUT2D eigenvalue weighted by Gasteiger charge is 2.15. The first-order valence-electron chi connectivity index (χ1n) is 6.87. The summed E-state index contributed by atoms with van der Waals surface area (Å²) in [6.07, 6.45) is 0. The van der Waals surface area contributed by atoms with Crippen LogP contribution in [0.5, 0.6) is 5.75 Å². The molecule has 0 heterocycles. The minimum absolute atomic E-state index is 0.593. The molecule has 0 saturated carbocycles. The van der Waals surface area contributed by atoms with Gasteiger partial charge < -0.3 is 9.68 Å². The lowest BCUT2D eigenvalue weighted by Crippen LogP contribution is -2.02. The molecule has 0 atom stereocenters. The van der Waals surface area contributed by atoms with Crippen LogP contribution in [0, 0.1) is 0 Å². The average Bonchev–Trinajstić information content (AvgIpc) is 2.58. The second-order valence-corrected chi connectivity index (χ2v) is 5.55. The Labute approximate surface area is 138 Å². The molecule has 22 heavy (non-hydrogen) atoms. The summed E-state index contributed by atoms with van der Waals surface area (Å²) < 4.78 is 6.18. The first kappa shape index (κ1) is 14.9. The SMILES string of the molecule is O[B]Oc1c(-c2ccccc2)ccc(-c2ccccc2)c1Br. The molecule has 3 aromatic carbocycles. The van der Waals surface area contributed by atoms with Crippen molar-refractivity contribution in [2.24, 2.45) is 0 Å². The minimum atomic E-state index is 0.593. The molecule has 0 saturated heterocycles. The molecular formula is C18H13BBrO2. The maximum absolute atomic E-state index is 9.11. The molecule has 0 amide bonds. The highest BCUT2D eigenvalue weighted by molar-refractivity contribution is 9.10. The number of rotatable bonds is 4. The maximum Gasteiger partial charge on any atom is 0.569 e. The van der Waals surface area contributed by atoms with E-state index in [1.165, 1.54) is 0 Å². The van der Waals surface area contributed by atoms with Crippen molar-refractivity contribution in [2.75, 3.05) is 0 Å². The number of hydrogen-bond donors (Lipinski definition) is 1. The normalized spacial score (nSPS) is 10.3. The van der Waals surface area contributed by atoms with Gasteiger partial charge in [-0.1, -0.05) is 72.8 Å². The smallest absolute Gasteiger partial charge is 0.536 e. The first-order chi connectivity index (χ1) is 10.8. The molecule has 1 N–H and O–H groups in total. The van der Waals surface area contributed by atoms with Crippen LogP contribution in [0.4, 0.5) is 0 Å². The Kier molecular flexibility index (Phi) is 4.61. The first-order valence-corrected chi connectivity index (χ1v) is 7.66. The van der Waals surface area contributed by atoms with E-state index in [-0.39, 0.29) is 0 Å². The molecule has 2 nitrogen and oxygen atoms in total. The van der Waals surface area contributed by atoms with Crippen molar-refractivity contribution < 1.29 is 9.68 Å². The van der Waals surface area contributed by atoms with Crippen LogP contribution >= 0.6 is 15.9 Å². The third-order valence-corrected chi connectivity index (χ3v) is 4.22. The molecule has 4 heteroatoms. The van der Waals surface area contributed by atoms with E-state index in [2.05, 4.69) is 15.9 Å². The highest BCUT2D eigenvalue weighted by Crippen LogP contribution is 2.42. The minimum Gasteiger partial charge on any atom is -0.536 e. The van der Waals surface area contributed by atoms with Crippen LogP contribution in [0.1, 0.15) is 0 Å². The molecule has 0 spiro atoms. The fourth-order valence-corrected chi connectivity index (χ4v) is 3.08. The summed E-state index contributed by atoms with van der Waals surface area (Å²) in [4.78, 5) is 0. The van der Waals surface area contributed by atoms with Crippen LogP contribution in [-0.2, 0) is 0 Å². The maximum atomic E-state index is 9.11. The third kappa shape index (κ3) is 2.94. The molecule has 3 rings (SSSR count). The fraction of sp³-hybridized carbons (Fsp3) is 0. The second kappa shape index (κ2) is 6.82. The highest BCUT2D eigenvalue weighted by atomic mass is 79.9. The van der Waals surface area contributed by atoms with Crippen LogP contribution in [0.15, 0.2) is 77.3 Å². The van der Waals surface area contributed by atoms with Gasteiger partial charge in [-0.15, -0.1) is 0 Å². The zero-order valence-electron chi connectivity index (χ0n) is 11.7. The van der Waals surface area contributed by atoms with E-state index < -0.39 is 0 Å². The topological polar surface area (TPSA) is 29.5 Å². The van der Waals surface area contributed by atoms with E-state index in [0.717, 1.165) is 26.7 Å². The quantitative estimate of drug-likeness (QED) is 0.691. The number of hydrogen-bond acceptors (Lipinski definition) is 2. The molecule has 107 valence electrons. The molecular weight excluding hydrogens is 339 g/mol. The summed E-state index contributed by atoms with van der Waals surface area (Å²) in [5.41, 5.74) is 4.03. The van der Waals surface area contributed by atoms with Crippen LogP contribution in [0.2, 0.25) is 0 Å². The Bertz CT molecular complexity index is 761. The Balaban J connectivity index is 2.16. The van der Waals surface area contributed by atoms with Gasteiger partial charge in [0.25, 0.3) is 0 Å². The largest absolute Gasteiger partial charge is 0.569 e. The average molecular weight is 352 g/mol. The van der Waals surface area contributed by atoms with Crippen LogP contribution in [-0.4, -0.2) is 12.7 Å². The van der Waals surface area contributed by atoms with E-state index in [0.29, 0.717) is 13.4 Å². The molecule has 0 fully saturated rings. The standard InChI is InChI=1S/C18H13BBrO2/c20-17-15(13-7-3-1-4-8-13)11-12-16(18(17)22-19-21)14-9-5-2-6-10-14/h1-12,21H. The summed E-state index contributed by atoms with van der Waals surface area (Å²) in [7, 11) is 0.710.